The largest absolute Gasteiger partial charge is 0.396 e. The first kappa shape index (κ1) is 18.4. The summed E-state index contributed by atoms with van der Waals surface area (Å²) in [6.07, 6.45) is 5.34. The zero-order valence-corrected chi connectivity index (χ0v) is 15.6. The molecule has 3 aliphatic rings. The van der Waals surface area contributed by atoms with Gasteiger partial charge in [-0.2, -0.15) is 0 Å². The average molecular weight is 372 g/mol. The predicted octanol–water partition coefficient (Wildman–Crippen LogP) is 1.26. The van der Waals surface area contributed by atoms with Crippen LogP contribution >= 0.6 is 0 Å². The SMILES string of the molecule is O=C(NC1CC2CCCc3cccc1c32)C(=O)N1CCC(CO)(CO)CC1. The summed E-state index contributed by atoms with van der Waals surface area (Å²) in [5.41, 5.74) is 3.44. The van der Waals surface area contributed by atoms with E-state index in [1.165, 1.54) is 23.1 Å². The monoisotopic (exact) mass is 372 g/mol. The summed E-state index contributed by atoms with van der Waals surface area (Å²) in [6.45, 7) is 0.587. The summed E-state index contributed by atoms with van der Waals surface area (Å²) in [5, 5.41) is 22.0. The summed E-state index contributed by atoms with van der Waals surface area (Å²) in [6, 6.07) is 6.23. The molecular formula is C21H28N2O4. The van der Waals surface area contributed by atoms with Gasteiger partial charge in [-0.25, -0.2) is 0 Å². The number of amides is 2. The van der Waals surface area contributed by atoms with Crippen LogP contribution in [-0.2, 0) is 16.0 Å². The third kappa shape index (κ3) is 3.25. The van der Waals surface area contributed by atoms with Gasteiger partial charge in [0.1, 0.15) is 0 Å². The summed E-state index contributed by atoms with van der Waals surface area (Å²) in [4.78, 5) is 26.8. The van der Waals surface area contributed by atoms with E-state index < -0.39 is 17.2 Å². The first-order valence-corrected chi connectivity index (χ1v) is 10.00. The maximum atomic E-state index is 12.6. The van der Waals surface area contributed by atoms with Crippen molar-refractivity contribution in [2.75, 3.05) is 26.3 Å². The van der Waals surface area contributed by atoms with Crippen LogP contribution in [0.1, 0.15) is 60.8 Å². The van der Waals surface area contributed by atoms with Gasteiger partial charge in [-0.05, 0) is 61.1 Å². The number of aliphatic hydroxyl groups excluding tert-OH is 2. The van der Waals surface area contributed by atoms with E-state index in [1.54, 1.807) is 4.90 Å². The summed E-state index contributed by atoms with van der Waals surface area (Å²) < 4.78 is 0. The molecule has 2 aliphatic carbocycles. The van der Waals surface area contributed by atoms with E-state index in [4.69, 9.17) is 0 Å². The fourth-order valence-electron chi connectivity index (χ4n) is 5.03. The molecule has 1 aliphatic heterocycles. The van der Waals surface area contributed by atoms with Gasteiger partial charge in [-0.3, -0.25) is 9.59 Å². The fraction of sp³-hybridized carbons (Fsp3) is 0.619. The molecule has 2 amide bonds. The molecule has 1 saturated heterocycles. The minimum absolute atomic E-state index is 0.0849. The molecule has 0 radical (unpaired) electrons. The Labute approximate surface area is 159 Å². The third-order valence-electron chi connectivity index (χ3n) is 6.81. The van der Waals surface area contributed by atoms with Crippen molar-refractivity contribution >= 4 is 11.8 Å². The van der Waals surface area contributed by atoms with Gasteiger partial charge in [-0.1, -0.05) is 18.2 Å². The van der Waals surface area contributed by atoms with Crippen molar-refractivity contribution in [2.24, 2.45) is 5.41 Å². The second-order valence-electron chi connectivity index (χ2n) is 8.38. The normalized spacial score (nSPS) is 25.8. The van der Waals surface area contributed by atoms with Gasteiger partial charge in [0.2, 0.25) is 0 Å². The number of rotatable bonds is 3. The Morgan fingerprint density at radius 2 is 1.93 bits per heavy atom. The molecule has 0 saturated carbocycles. The number of carbonyl (C=O) groups is 2. The van der Waals surface area contributed by atoms with Crippen molar-refractivity contribution in [1.29, 1.82) is 0 Å². The molecule has 0 bridgehead atoms. The highest BCUT2D eigenvalue weighted by Gasteiger charge is 2.39. The molecule has 2 atom stereocenters. The molecule has 0 aromatic heterocycles. The maximum Gasteiger partial charge on any atom is 0.311 e. The lowest BCUT2D eigenvalue weighted by Crippen LogP contribution is -2.50. The first-order chi connectivity index (χ1) is 13.1. The topological polar surface area (TPSA) is 89.9 Å². The quantitative estimate of drug-likeness (QED) is 0.697. The Kier molecular flexibility index (Phi) is 4.95. The molecule has 6 nitrogen and oxygen atoms in total. The fourth-order valence-corrected chi connectivity index (χ4v) is 5.03. The molecule has 2 unspecified atom stereocenters. The first-order valence-electron chi connectivity index (χ1n) is 10.00. The number of carbonyl (C=O) groups excluding carboxylic acids is 2. The van der Waals surface area contributed by atoms with Crippen molar-refractivity contribution in [1.82, 2.24) is 10.2 Å². The van der Waals surface area contributed by atoms with Gasteiger partial charge in [0, 0.05) is 18.5 Å². The lowest BCUT2D eigenvalue weighted by Gasteiger charge is -2.39. The minimum Gasteiger partial charge on any atom is -0.396 e. The van der Waals surface area contributed by atoms with Crippen molar-refractivity contribution < 1.29 is 19.8 Å². The van der Waals surface area contributed by atoms with Gasteiger partial charge in [0.05, 0.1) is 19.3 Å². The van der Waals surface area contributed by atoms with Crippen molar-refractivity contribution in [3.05, 3.63) is 34.9 Å². The average Bonchev–Trinajstić information content (AvgIpc) is 3.07. The summed E-state index contributed by atoms with van der Waals surface area (Å²) >= 11 is 0. The van der Waals surface area contributed by atoms with Crippen LogP contribution in [-0.4, -0.2) is 53.2 Å². The predicted molar refractivity (Wildman–Crippen MR) is 100 cm³/mol. The van der Waals surface area contributed by atoms with Crippen LogP contribution < -0.4 is 5.32 Å². The van der Waals surface area contributed by atoms with Gasteiger partial charge in [-0.15, -0.1) is 0 Å². The number of hydrogen-bond acceptors (Lipinski definition) is 4. The lowest BCUT2D eigenvalue weighted by molar-refractivity contribution is -0.148. The van der Waals surface area contributed by atoms with Crippen molar-refractivity contribution in [3.63, 3.8) is 0 Å². The Morgan fingerprint density at radius 1 is 1.19 bits per heavy atom. The van der Waals surface area contributed by atoms with E-state index >= 15 is 0 Å². The molecular weight excluding hydrogens is 344 g/mol. The van der Waals surface area contributed by atoms with Crippen LogP contribution in [0, 0.1) is 5.41 Å². The van der Waals surface area contributed by atoms with Gasteiger partial charge in [0.25, 0.3) is 0 Å². The van der Waals surface area contributed by atoms with Crippen LogP contribution in [0.15, 0.2) is 18.2 Å². The Hall–Kier alpha value is -1.92. The smallest absolute Gasteiger partial charge is 0.311 e. The third-order valence-corrected chi connectivity index (χ3v) is 6.81. The van der Waals surface area contributed by atoms with Crippen LogP contribution in [0.2, 0.25) is 0 Å². The molecule has 146 valence electrons. The molecule has 1 aromatic carbocycles. The number of hydrogen-bond donors (Lipinski definition) is 3. The molecule has 1 fully saturated rings. The van der Waals surface area contributed by atoms with Crippen LogP contribution in [0.5, 0.6) is 0 Å². The lowest BCUT2D eigenvalue weighted by atomic mass is 9.80. The van der Waals surface area contributed by atoms with E-state index in [1.807, 2.05) is 0 Å². The highest BCUT2D eigenvalue weighted by atomic mass is 16.3. The number of benzene rings is 1. The van der Waals surface area contributed by atoms with Crippen LogP contribution in [0.25, 0.3) is 0 Å². The number of aryl methyl sites for hydroxylation is 1. The molecule has 6 heteroatoms. The minimum atomic E-state index is -0.545. The van der Waals surface area contributed by atoms with Gasteiger partial charge < -0.3 is 20.4 Å². The van der Waals surface area contributed by atoms with Crippen molar-refractivity contribution in [3.8, 4) is 0 Å². The maximum absolute atomic E-state index is 12.6. The van der Waals surface area contributed by atoms with E-state index in [-0.39, 0.29) is 19.3 Å². The molecule has 1 aromatic rings. The second kappa shape index (κ2) is 7.24. The number of nitrogens with one attached hydrogen (secondary N) is 1. The van der Waals surface area contributed by atoms with E-state index in [0.29, 0.717) is 31.8 Å². The molecule has 3 N–H and O–H groups in total. The number of aliphatic hydroxyl groups is 2. The van der Waals surface area contributed by atoms with Gasteiger partial charge >= 0.3 is 11.8 Å². The van der Waals surface area contributed by atoms with Crippen LogP contribution in [0.3, 0.4) is 0 Å². The van der Waals surface area contributed by atoms with Crippen LogP contribution in [0.4, 0.5) is 0 Å². The molecule has 27 heavy (non-hydrogen) atoms. The van der Waals surface area contributed by atoms with E-state index in [0.717, 1.165) is 19.3 Å². The van der Waals surface area contributed by atoms with Gasteiger partial charge in [0.15, 0.2) is 0 Å². The Balaban J connectivity index is 1.41. The highest BCUT2D eigenvalue weighted by Crippen LogP contribution is 2.47. The number of piperidine rings is 1. The molecule has 1 heterocycles. The zero-order chi connectivity index (χ0) is 19.0. The number of likely N-dealkylation sites (tertiary alicyclic amines) is 1. The van der Waals surface area contributed by atoms with Crippen molar-refractivity contribution in [2.45, 2.75) is 50.5 Å². The standard InChI is InChI=1S/C21H28N2O4/c24-12-21(13-25)7-9-23(10-8-21)20(27)19(26)22-17-11-15-5-1-3-14-4-2-6-16(17)18(14)15/h2,4,6,15,17,24-25H,1,3,5,7-13H2,(H,22,26). The Morgan fingerprint density at radius 3 is 2.63 bits per heavy atom. The zero-order valence-electron chi connectivity index (χ0n) is 15.6. The summed E-state index contributed by atoms with van der Waals surface area (Å²) in [7, 11) is 0. The second-order valence-corrected chi connectivity index (χ2v) is 8.38. The van der Waals surface area contributed by atoms with E-state index in [9.17, 15) is 19.8 Å². The summed E-state index contributed by atoms with van der Waals surface area (Å²) in [5.74, 6) is -0.553. The molecule has 4 rings (SSSR count). The number of nitrogens with zero attached hydrogens (tertiary/aromatic N) is 1. The Bertz CT molecular complexity index is 734. The molecule has 0 spiro atoms. The highest BCUT2D eigenvalue weighted by molar-refractivity contribution is 6.35. The van der Waals surface area contributed by atoms with E-state index in [2.05, 4.69) is 23.5 Å².